The van der Waals surface area contributed by atoms with E-state index in [4.69, 9.17) is 10.5 Å². The number of ether oxygens (including phenoxy) is 1. The Morgan fingerprint density at radius 2 is 2.16 bits per heavy atom. The Hall–Kier alpha value is -2.15. The maximum Gasteiger partial charge on any atom is 0.220 e. The minimum absolute atomic E-state index is 0.219. The zero-order chi connectivity index (χ0) is 13.5. The van der Waals surface area contributed by atoms with Crippen molar-refractivity contribution in [1.29, 1.82) is 0 Å². The van der Waals surface area contributed by atoms with Crippen molar-refractivity contribution in [3.05, 3.63) is 35.3 Å². The summed E-state index contributed by atoms with van der Waals surface area (Å²) < 4.78 is 9.16. The Morgan fingerprint density at radius 1 is 1.37 bits per heavy atom. The number of carbonyl (C=O) groups excluding carboxylic acids is 1. The number of hydrogen-bond acceptors (Lipinski definition) is 6. The van der Waals surface area contributed by atoms with Gasteiger partial charge in [0.1, 0.15) is 5.75 Å². The van der Waals surface area contributed by atoms with Crippen molar-refractivity contribution in [3.8, 4) is 5.75 Å². The molecule has 0 fully saturated rings. The molecule has 0 atom stereocenters. The average Bonchev–Trinajstić information content (AvgIpc) is 2.90. The Labute approximate surface area is 114 Å². The molecule has 0 spiro atoms. The molecule has 0 radical (unpaired) electrons. The molecule has 7 heteroatoms. The lowest BCUT2D eigenvalue weighted by Gasteiger charge is -2.07. The molecule has 1 heterocycles. The smallest absolute Gasteiger partial charge is 0.220 e. The first-order valence-corrected chi connectivity index (χ1v) is 6.58. The summed E-state index contributed by atoms with van der Waals surface area (Å²) in [5.41, 5.74) is 6.90. The van der Waals surface area contributed by atoms with Gasteiger partial charge >= 0.3 is 0 Å². The molecular formula is C12H14N4O2S. The fraction of sp³-hybridized carbons (Fsp3) is 0.250. The number of hydrogen-bond donors (Lipinski definition) is 2. The van der Waals surface area contributed by atoms with E-state index in [1.165, 1.54) is 11.5 Å². The maximum atomic E-state index is 10.6. The number of primary amides is 1. The number of carbonyl (C=O) groups is 1. The molecule has 0 aliphatic carbocycles. The number of nitrogens with one attached hydrogen (secondary N) is 1. The molecule has 2 rings (SSSR count). The number of anilines is 1. The van der Waals surface area contributed by atoms with Crippen LogP contribution in [0.5, 0.6) is 5.75 Å². The van der Waals surface area contributed by atoms with Crippen LogP contribution in [0.4, 0.5) is 5.69 Å². The Kier molecular flexibility index (Phi) is 4.68. The van der Waals surface area contributed by atoms with E-state index in [1.54, 1.807) is 0 Å². The third-order valence-corrected chi connectivity index (χ3v) is 2.90. The predicted molar refractivity (Wildman–Crippen MR) is 73.0 cm³/mol. The summed E-state index contributed by atoms with van der Waals surface area (Å²) in [6, 6.07) is 7.48. The third-order valence-electron chi connectivity index (χ3n) is 2.35. The molecule has 2 aromatic rings. The van der Waals surface area contributed by atoms with Crippen molar-refractivity contribution in [1.82, 2.24) is 9.59 Å². The van der Waals surface area contributed by atoms with Crippen LogP contribution in [0.25, 0.3) is 0 Å². The van der Waals surface area contributed by atoms with Crippen LogP contribution in [0.3, 0.4) is 0 Å². The van der Waals surface area contributed by atoms with Crippen LogP contribution in [0.15, 0.2) is 29.6 Å². The highest BCUT2D eigenvalue weighted by Gasteiger charge is 1.99. The molecule has 0 bridgehead atoms. The number of rotatable bonds is 7. The van der Waals surface area contributed by atoms with Crippen LogP contribution in [-0.4, -0.2) is 22.1 Å². The van der Waals surface area contributed by atoms with E-state index < -0.39 is 0 Å². The molecule has 1 aromatic carbocycles. The summed E-state index contributed by atoms with van der Waals surface area (Å²) in [6.07, 6.45) is 0.219. The molecule has 6 nitrogen and oxygen atoms in total. The van der Waals surface area contributed by atoms with Crippen LogP contribution in [0.2, 0.25) is 0 Å². The summed E-state index contributed by atoms with van der Waals surface area (Å²) >= 11 is 1.33. The first-order chi connectivity index (χ1) is 9.24. The van der Waals surface area contributed by atoms with Gasteiger partial charge < -0.3 is 15.8 Å². The molecule has 1 aromatic heterocycles. The quantitative estimate of drug-likeness (QED) is 0.799. The van der Waals surface area contributed by atoms with E-state index in [-0.39, 0.29) is 12.3 Å². The van der Waals surface area contributed by atoms with Crippen LogP contribution < -0.4 is 15.8 Å². The summed E-state index contributed by atoms with van der Waals surface area (Å²) in [4.78, 5) is 10.6. The van der Waals surface area contributed by atoms with Gasteiger partial charge in [0, 0.05) is 11.1 Å². The van der Waals surface area contributed by atoms with E-state index in [1.807, 2.05) is 29.6 Å². The fourth-order valence-electron chi connectivity index (χ4n) is 1.39. The Morgan fingerprint density at radius 3 is 2.79 bits per heavy atom. The molecule has 100 valence electrons. The van der Waals surface area contributed by atoms with Gasteiger partial charge in [-0.15, -0.1) is 5.10 Å². The van der Waals surface area contributed by atoms with E-state index in [0.717, 1.165) is 11.4 Å². The first kappa shape index (κ1) is 13.3. The van der Waals surface area contributed by atoms with Gasteiger partial charge in [0.15, 0.2) is 0 Å². The van der Waals surface area contributed by atoms with Crippen molar-refractivity contribution >= 4 is 23.1 Å². The molecule has 1 amide bonds. The summed E-state index contributed by atoms with van der Waals surface area (Å²) in [7, 11) is 0. The second-order valence-corrected chi connectivity index (χ2v) is 4.45. The number of nitrogens with zero attached hydrogens (tertiary/aromatic N) is 2. The van der Waals surface area contributed by atoms with E-state index >= 15 is 0 Å². The SMILES string of the molecule is NC(=O)CCOc1ccc(NCc2csnn2)cc1. The molecule has 0 unspecified atom stereocenters. The topological polar surface area (TPSA) is 90.1 Å². The fourth-order valence-corrected chi connectivity index (χ4v) is 1.84. The molecule has 0 aliphatic rings. The van der Waals surface area contributed by atoms with Crippen molar-refractivity contribution in [3.63, 3.8) is 0 Å². The van der Waals surface area contributed by atoms with Gasteiger partial charge in [-0.25, -0.2) is 0 Å². The molecule has 19 heavy (non-hydrogen) atoms. The summed E-state index contributed by atoms with van der Waals surface area (Å²) in [6.45, 7) is 0.935. The third kappa shape index (κ3) is 4.55. The maximum absolute atomic E-state index is 10.6. The Balaban J connectivity index is 1.79. The lowest BCUT2D eigenvalue weighted by Crippen LogP contribution is -2.14. The molecule has 0 saturated carbocycles. The molecule has 0 aliphatic heterocycles. The van der Waals surface area contributed by atoms with Crippen LogP contribution in [0, 0.1) is 0 Å². The second-order valence-electron chi connectivity index (χ2n) is 3.84. The zero-order valence-electron chi connectivity index (χ0n) is 10.2. The highest BCUT2D eigenvalue weighted by molar-refractivity contribution is 7.03. The van der Waals surface area contributed by atoms with Crippen molar-refractivity contribution in [2.75, 3.05) is 11.9 Å². The van der Waals surface area contributed by atoms with E-state index in [2.05, 4.69) is 14.9 Å². The average molecular weight is 278 g/mol. The normalized spacial score (nSPS) is 10.1. The van der Waals surface area contributed by atoms with Crippen LogP contribution >= 0.6 is 11.5 Å². The lowest BCUT2D eigenvalue weighted by atomic mass is 10.3. The van der Waals surface area contributed by atoms with Crippen LogP contribution in [-0.2, 0) is 11.3 Å². The van der Waals surface area contributed by atoms with Crippen molar-refractivity contribution in [2.45, 2.75) is 13.0 Å². The number of nitrogens with two attached hydrogens (primary N) is 1. The van der Waals surface area contributed by atoms with Gasteiger partial charge in [0.25, 0.3) is 0 Å². The highest BCUT2D eigenvalue weighted by Crippen LogP contribution is 2.16. The molecular weight excluding hydrogens is 264 g/mol. The van der Waals surface area contributed by atoms with Gasteiger partial charge in [-0.3, -0.25) is 4.79 Å². The number of aromatic nitrogens is 2. The highest BCUT2D eigenvalue weighted by atomic mass is 32.1. The Bertz CT molecular complexity index is 513. The van der Waals surface area contributed by atoms with Gasteiger partial charge in [0.2, 0.25) is 5.91 Å². The number of amides is 1. The van der Waals surface area contributed by atoms with Gasteiger partial charge in [-0.05, 0) is 35.8 Å². The molecule has 0 saturated heterocycles. The summed E-state index contributed by atoms with van der Waals surface area (Å²) in [5.74, 6) is 0.345. The standard InChI is InChI=1S/C12H14N4O2S/c13-12(17)5-6-18-11-3-1-9(2-4-11)14-7-10-8-19-16-15-10/h1-4,8,14H,5-7H2,(H2,13,17). The van der Waals surface area contributed by atoms with Gasteiger partial charge in [-0.1, -0.05) is 4.49 Å². The predicted octanol–water partition coefficient (Wildman–Crippen LogP) is 1.40. The minimum Gasteiger partial charge on any atom is -0.493 e. The van der Waals surface area contributed by atoms with Crippen molar-refractivity contribution in [2.24, 2.45) is 5.73 Å². The van der Waals surface area contributed by atoms with Crippen LogP contribution in [0.1, 0.15) is 12.1 Å². The second kappa shape index (κ2) is 6.69. The van der Waals surface area contributed by atoms with E-state index in [0.29, 0.717) is 18.9 Å². The van der Waals surface area contributed by atoms with Crippen molar-refractivity contribution < 1.29 is 9.53 Å². The largest absolute Gasteiger partial charge is 0.493 e. The number of benzene rings is 1. The summed E-state index contributed by atoms with van der Waals surface area (Å²) in [5, 5.41) is 9.06. The first-order valence-electron chi connectivity index (χ1n) is 5.75. The zero-order valence-corrected chi connectivity index (χ0v) is 11.0. The van der Waals surface area contributed by atoms with Gasteiger partial charge in [0.05, 0.1) is 25.3 Å². The van der Waals surface area contributed by atoms with Gasteiger partial charge in [-0.2, -0.15) is 0 Å². The minimum atomic E-state index is -0.366. The lowest BCUT2D eigenvalue weighted by molar-refractivity contribution is -0.118. The van der Waals surface area contributed by atoms with E-state index in [9.17, 15) is 4.79 Å². The molecule has 3 N–H and O–H groups in total. The monoisotopic (exact) mass is 278 g/mol.